The van der Waals surface area contributed by atoms with Gasteiger partial charge in [0, 0.05) is 10.7 Å². The highest BCUT2D eigenvalue weighted by Crippen LogP contribution is 2.27. The van der Waals surface area contributed by atoms with Gasteiger partial charge in [0.15, 0.2) is 0 Å². The Bertz CT molecular complexity index is 555. The van der Waals surface area contributed by atoms with E-state index in [9.17, 15) is 0 Å². The molecule has 1 aromatic heterocycles. The Morgan fingerprint density at radius 3 is 2.61 bits per heavy atom. The molecule has 0 saturated carbocycles. The van der Waals surface area contributed by atoms with E-state index in [4.69, 9.17) is 0 Å². The molecule has 4 heteroatoms. The van der Waals surface area contributed by atoms with Crippen molar-refractivity contribution in [3.05, 3.63) is 56.6 Å². The monoisotopic (exact) mass is 368 g/mol. The molecule has 2 rings (SSSR count). The van der Waals surface area contributed by atoms with Crippen LogP contribution >= 0.6 is 31.9 Å². The van der Waals surface area contributed by atoms with Crippen LogP contribution < -0.4 is 5.32 Å². The van der Waals surface area contributed by atoms with Crippen LogP contribution in [0.2, 0.25) is 0 Å². The molecule has 0 bridgehead atoms. The molecule has 1 N–H and O–H groups in total. The van der Waals surface area contributed by atoms with Crippen molar-refractivity contribution in [3.63, 3.8) is 0 Å². The van der Waals surface area contributed by atoms with Crippen molar-refractivity contribution in [1.82, 2.24) is 4.98 Å². The zero-order valence-electron chi connectivity index (χ0n) is 10.2. The van der Waals surface area contributed by atoms with Gasteiger partial charge in [0.2, 0.25) is 0 Å². The van der Waals surface area contributed by atoms with E-state index in [1.54, 1.807) is 6.20 Å². The summed E-state index contributed by atoms with van der Waals surface area (Å²) < 4.78 is 1.92. The number of hydrogen-bond donors (Lipinski definition) is 1. The molecule has 1 unspecified atom stereocenters. The molecule has 1 heterocycles. The Kier molecular flexibility index (Phi) is 4.40. The average molecular weight is 370 g/mol. The third kappa shape index (κ3) is 3.12. The summed E-state index contributed by atoms with van der Waals surface area (Å²) >= 11 is 6.91. The maximum atomic E-state index is 4.37. The number of anilines is 1. The lowest BCUT2D eigenvalue weighted by atomic mass is 10.0. The van der Waals surface area contributed by atoms with Gasteiger partial charge in [-0.2, -0.15) is 0 Å². The first-order chi connectivity index (χ1) is 8.58. The van der Waals surface area contributed by atoms with Gasteiger partial charge in [-0.05, 0) is 62.9 Å². The molecular weight excluding hydrogens is 356 g/mol. The molecule has 0 aliphatic heterocycles. The third-order valence-electron chi connectivity index (χ3n) is 2.82. The largest absolute Gasteiger partial charge is 0.363 e. The van der Waals surface area contributed by atoms with Gasteiger partial charge in [-0.25, -0.2) is 4.98 Å². The van der Waals surface area contributed by atoms with Crippen LogP contribution in [-0.4, -0.2) is 4.98 Å². The summed E-state index contributed by atoms with van der Waals surface area (Å²) in [4.78, 5) is 4.37. The van der Waals surface area contributed by atoms with Crippen LogP contribution in [-0.2, 0) is 0 Å². The number of nitrogens with one attached hydrogen (secondary N) is 1. The minimum Gasteiger partial charge on any atom is -0.363 e. The van der Waals surface area contributed by atoms with E-state index in [2.05, 4.69) is 80.3 Å². The molecule has 0 amide bonds. The van der Waals surface area contributed by atoms with Crippen molar-refractivity contribution in [2.45, 2.75) is 19.9 Å². The summed E-state index contributed by atoms with van der Waals surface area (Å²) in [6.45, 7) is 4.26. The number of hydrogen-bond acceptors (Lipinski definition) is 2. The minimum atomic E-state index is 0.219. The number of halogens is 2. The molecule has 0 radical (unpaired) electrons. The topological polar surface area (TPSA) is 24.9 Å². The number of pyridine rings is 1. The average Bonchev–Trinajstić information content (AvgIpc) is 2.33. The second-order valence-electron chi connectivity index (χ2n) is 4.21. The predicted molar refractivity (Wildman–Crippen MR) is 82.9 cm³/mol. The second-order valence-corrected chi connectivity index (χ2v) is 5.98. The van der Waals surface area contributed by atoms with Gasteiger partial charge in [0.05, 0.1) is 10.5 Å². The summed E-state index contributed by atoms with van der Waals surface area (Å²) in [5.41, 5.74) is 2.57. The normalized spacial score (nSPS) is 12.2. The van der Waals surface area contributed by atoms with Crippen LogP contribution in [0.3, 0.4) is 0 Å². The SMILES string of the molecule is Cc1ccccc1C(C)Nc1ncc(Br)cc1Br. The minimum absolute atomic E-state index is 0.219. The number of aromatic nitrogens is 1. The first-order valence-corrected chi connectivity index (χ1v) is 7.29. The maximum absolute atomic E-state index is 4.37. The van der Waals surface area contributed by atoms with E-state index >= 15 is 0 Å². The molecule has 0 aliphatic carbocycles. The van der Waals surface area contributed by atoms with Crippen LogP contribution in [0.5, 0.6) is 0 Å². The van der Waals surface area contributed by atoms with Crippen LogP contribution in [0.15, 0.2) is 45.5 Å². The van der Waals surface area contributed by atoms with Gasteiger partial charge in [-0.1, -0.05) is 24.3 Å². The summed E-state index contributed by atoms with van der Waals surface area (Å²) in [6.07, 6.45) is 1.79. The molecule has 94 valence electrons. The molecule has 18 heavy (non-hydrogen) atoms. The predicted octanol–water partition coefficient (Wildman–Crippen LogP) is 5.09. The lowest BCUT2D eigenvalue weighted by Crippen LogP contribution is -2.09. The van der Waals surface area contributed by atoms with Gasteiger partial charge in [0.1, 0.15) is 5.82 Å². The Hall–Kier alpha value is -0.870. The zero-order chi connectivity index (χ0) is 13.1. The van der Waals surface area contributed by atoms with E-state index in [0.29, 0.717) is 0 Å². The number of aryl methyl sites for hydroxylation is 1. The van der Waals surface area contributed by atoms with Gasteiger partial charge in [0.25, 0.3) is 0 Å². The van der Waals surface area contributed by atoms with Gasteiger partial charge < -0.3 is 5.32 Å². The first-order valence-electron chi connectivity index (χ1n) is 5.71. The maximum Gasteiger partial charge on any atom is 0.140 e. The van der Waals surface area contributed by atoms with E-state index in [1.165, 1.54) is 11.1 Å². The van der Waals surface area contributed by atoms with E-state index < -0.39 is 0 Å². The van der Waals surface area contributed by atoms with E-state index in [-0.39, 0.29) is 6.04 Å². The quantitative estimate of drug-likeness (QED) is 0.815. The smallest absolute Gasteiger partial charge is 0.140 e. The van der Waals surface area contributed by atoms with Crippen LogP contribution in [0, 0.1) is 6.92 Å². The first kappa shape index (κ1) is 13.6. The standard InChI is InChI=1S/C14H14Br2N2/c1-9-5-3-4-6-12(9)10(2)18-14-13(16)7-11(15)8-17-14/h3-8,10H,1-2H3,(H,17,18). The van der Waals surface area contributed by atoms with Gasteiger partial charge in [-0.15, -0.1) is 0 Å². The summed E-state index contributed by atoms with van der Waals surface area (Å²) in [6, 6.07) is 10.6. The highest BCUT2D eigenvalue weighted by molar-refractivity contribution is 9.11. The van der Waals surface area contributed by atoms with Crippen LogP contribution in [0.4, 0.5) is 5.82 Å². The number of rotatable bonds is 3. The third-order valence-corrected chi connectivity index (χ3v) is 3.85. The lowest BCUT2D eigenvalue weighted by Gasteiger charge is -2.18. The molecule has 2 aromatic rings. The molecule has 1 atom stereocenters. The van der Waals surface area contributed by atoms with Crippen molar-refractivity contribution in [2.75, 3.05) is 5.32 Å². The summed E-state index contributed by atoms with van der Waals surface area (Å²) in [5.74, 6) is 0.856. The van der Waals surface area contributed by atoms with E-state index in [1.807, 2.05) is 6.07 Å². The molecule has 0 fully saturated rings. The Balaban J connectivity index is 2.21. The molecule has 0 aliphatic rings. The highest BCUT2D eigenvalue weighted by atomic mass is 79.9. The van der Waals surface area contributed by atoms with Crippen molar-refractivity contribution in [1.29, 1.82) is 0 Å². The van der Waals surface area contributed by atoms with Crippen LogP contribution in [0.1, 0.15) is 24.1 Å². The van der Waals surface area contributed by atoms with Crippen molar-refractivity contribution in [3.8, 4) is 0 Å². The Morgan fingerprint density at radius 1 is 1.22 bits per heavy atom. The molecule has 0 saturated heterocycles. The van der Waals surface area contributed by atoms with Gasteiger partial charge >= 0.3 is 0 Å². The van der Waals surface area contributed by atoms with Gasteiger partial charge in [-0.3, -0.25) is 0 Å². The molecule has 0 spiro atoms. The number of nitrogens with zero attached hydrogens (tertiary/aromatic N) is 1. The molecule has 1 aromatic carbocycles. The zero-order valence-corrected chi connectivity index (χ0v) is 13.4. The van der Waals surface area contributed by atoms with Crippen LogP contribution in [0.25, 0.3) is 0 Å². The van der Waals surface area contributed by atoms with E-state index in [0.717, 1.165) is 14.8 Å². The summed E-state index contributed by atoms with van der Waals surface area (Å²) in [7, 11) is 0. The summed E-state index contributed by atoms with van der Waals surface area (Å²) in [5, 5.41) is 3.42. The second kappa shape index (κ2) is 5.85. The molecule has 2 nitrogen and oxygen atoms in total. The lowest BCUT2D eigenvalue weighted by molar-refractivity contribution is 0.863. The fraction of sp³-hybridized carbons (Fsp3) is 0.214. The highest BCUT2D eigenvalue weighted by Gasteiger charge is 2.10. The fourth-order valence-electron chi connectivity index (χ4n) is 1.88. The van der Waals surface area contributed by atoms with Crippen molar-refractivity contribution >= 4 is 37.7 Å². The fourth-order valence-corrected chi connectivity index (χ4v) is 2.98. The Morgan fingerprint density at radius 2 is 1.94 bits per heavy atom. The Labute approximate surface area is 124 Å². The van der Waals surface area contributed by atoms with Crippen molar-refractivity contribution in [2.24, 2.45) is 0 Å². The number of benzene rings is 1. The van der Waals surface area contributed by atoms with Crippen molar-refractivity contribution < 1.29 is 0 Å². The molecular formula is C14H14Br2N2.